The first-order valence-electron chi connectivity index (χ1n) is 6.17. The number of esters is 1. The third-order valence-corrected chi connectivity index (χ3v) is 3.59. The lowest BCUT2D eigenvalue weighted by molar-refractivity contribution is -0.140. The molecule has 0 aromatic heterocycles. The fourth-order valence-electron chi connectivity index (χ4n) is 1.92. The number of aryl methyl sites for hydroxylation is 1. The van der Waals surface area contributed by atoms with Crippen molar-refractivity contribution >= 4 is 17.6 Å². The van der Waals surface area contributed by atoms with Gasteiger partial charge in [-0.15, -0.1) is 0 Å². The first-order chi connectivity index (χ1) is 8.99. The highest BCUT2D eigenvalue weighted by atomic mass is 35.5. The van der Waals surface area contributed by atoms with Gasteiger partial charge in [0.05, 0.1) is 13.2 Å². The molecule has 0 saturated heterocycles. The number of benzene rings is 1. The number of aliphatic hydroxyl groups excluding tert-OH is 1. The Bertz CT molecular complexity index is 437. The van der Waals surface area contributed by atoms with Crippen molar-refractivity contribution in [1.82, 2.24) is 5.32 Å². The predicted octanol–water partition coefficient (Wildman–Crippen LogP) is 2.22. The maximum Gasteiger partial charge on any atom is 0.305 e. The first kappa shape index (κ1) is 16.0. The molecule has 19 heavy (non-hydrogen) atoms. The standard InChI is InChI=1S/C14H20ClNO3/c1-9-8-10(4-5-11(9)15)14(18)12(16-2)6-7-13(17)19-3/h4-5,8,12,14,16,18H,6-7H2,1-3H3. The molecule has 0 aliphatic carbocycles. The molecule has 1 rings (SSSR count). The third-order valence-electron chi connectivity index (χ3n) is 3.16. The molecule has 2 atom stereocenters. The van der Waals surface area contributed by atoms with Gasteiger partial charge in [0.15, 0.2) is 0 Å². The van der Waals surface area contributed by atoms with E-state index in [0.29, 0.717) is 11.4 Å². The summed E-state index contributed by atoms with van der Waals surface area (Å²) in [5, 5.41) is 14.0. The summed E-state index contributed by atoms with van der Waals surface area (Å²) in [6.45, 7) is 1.89. The van der Waals surface area contributed by atoms with Gasteiger partial charge in [0.25, 0.3) is 0 Å². The van der Waals surface area contributed by atoms with Crippen LogP contribution < -0.4 is 5.32 Å². The average molecular weight is 286 g/mol. The van der Waals surface area contributed by atoms with Crippen LogP contribution in [0, 0.1) is 6.92 Å². The summed E-state index contributed by atoms with van der Waals surface area (Å²) in [6, 6.07) is 5.21. The Balaban J connectivity index is 2.74. The van der Waals surface area contributed by atoms with E-state index >= 15 is 0 Å². The van der Waals surface area contributed by atoms with Crippen LogP contribution in [0.2, 0.25) is 5.02 Å². The summed E-state index contributed by atoms with van der Waals surface area (Å²) in [5.41, 5.74) is 1.70. The third kappa shape index (κ3) is 4.49. The molecule has 0 heterocycles. The molecule has 2 unspecified atom stereocenters. The van der Waals surface area contributed by atoms with Crippen molar-refractivity contribution in [2.45, 2.75) is 31.9 Å². The summed E-state index contributed by atoms with van der Waals surface area (Å²) in [4.78, 5) is 11.1. The van der Waals surface area contributed by atoms with Gasteiger partial charge < -0.3 is 15.2 Å². The fourth-order valence-corrected chi connectivity index (χ4v) is 2.04. The Morgan fingerprint density at radius 2 is 2.21 bits per heavy atom. The van der Waals surface area contributed by atoms with Crippen molar-refractivity contribution in [3.05, 3.63) is 34.3 Å². The smallest absolute Gasteiger partial charge is 0.305 e. The predicted molar refractivity (Wildman–Crippen MR) is 75.2 cm³/mol. The zero-order valence-electron chi connectivity index (χ0n) is 11.4. The maximum absolute atomic E-state index is 11.1. The Labute approximate surface area is 118 Å². The quantitative estimate of drug-likeness (QED) is 0.787. The number of carbonyl (C=O) groups is 1. The van der Waals surface area contributed by atoms with E-state index in [2.05, 4.69) is 10.1 Å². The molecule has 0 aliphatic rings. The van der Waals surface area contributed by atoms with Crippen molar-refractivity contribution in [3.8, 4) is 0 Å². The molecule has 0 amide bonds. The molecule has 4 nitrogen and oxygen atoms in total. The molecule has 0 spiro atoms. The summed E-state index contributed by atoms with van der Waals surface area (Å²) >= 11 is 5.96. The van der Waals surface area contributed by atoms with Crippen LogP contribution in [0.3, 0.4) is 0 Å². The summed E-state index contributed by atoms with van der Waals surface area (Å²) < 4.78 is 4.60. The van der Waals surface area contributed by atoms with Crippen LogP contribution in [-0.4, -0.2) is 31.3 Å². The van der Waals surface area contributed by atoms with Crippen LogP contribution in [0.5, 0.6) is 0 Å². The Morgan fingerprint density at radius 1 is 1.53 bits per heavy atom. The molecule has 106 valence electrons. The van der Waals surface area contributed by atoms with Gasteiger partial charge in [-0.3, -0.25) is 4.79 Å². The number of hydrogen-bond acceptors (Lipinski definition) is 4. The van der Waals surface area contributed by atoms with Crippen LogP contribution >= 0.6 is 11.6 Å². The molecule has 0 aliphatic heterocycles. The molecular weight excluding hydrogens is 266 g/mol. The minimum absolute atomic E-state index is 0.209. The van der Waals surface area contributed by atoms with E-state index in [1.54, 1.807) is 19.2 Å². The molecule has 2 N–H and O–H groups in total. The summed E-state index contributed by atoms with van der Waals surface area (Å²) in [7, 11) is 3.11. The molecule has 1 aromatic carbocycles. The van der Waals surface area contributed by atoms with E-state index < -0.39 is 6.10 Å². The number of halogens is 1. The van der Waals surface area contributed by atoms with Crippen LogP contribution in [0.4, 0.5) is 0 Å². The Hall–Kier alpha value is -1.10. The molecule has 5 heteroatoms. The lowest BCUT2D eigenvalue weighted by Crippen LogP contribution is -2.32. The zero-order chi connectivity index (χ0) is 14.4. The van der Waals surface area contributed by atoms with E-state index in [0.717, 1.165) is 11.1 Å². The van der Waals surface area contributed by atoms with E-state index in [9.17, 15) is 9.90 Å². The number of ether oxygens (including phenoxy) is 1. The van der Waals surface area contributed by atoms with Gasteiger partial charge in [-0.25, -0.2) is 0 Å². The second-order valence-electron chi connectivity index (χ2n) is 4.46. The highest BCUT2D eigenvalue weighted by Gasteiger charge is 2.20. The highest BCUT2D eigenvalue weighted by Crippen LogP contribution is 2.24. The lowest BCUT2D eigenvalue weighted by Gasteiger charge is -2.23. The van der Waals surface area contributed by atoms with Gasteiger partial charge in [0.2, 0.25) is 0 Å². The van der Waals surface area contributed by atoms with Crippen molar-refractivity contribution < 1.29 is 14.6 Å². The Morgan fingerprint density at radius 3 is 2.74 bits per heavy atom. The van der Waals surface area contributed by atoms with Crippen LogP contribution in [0.15, 0.2) is 18.2 Å². The first-order valence-corrected chi connectivity index (χ1v) is 6.55. The molecule has 0 bridgehead atoms. The second-order valence-corrected chi connectivity index (χ2v) is 4.87. The number of carbonyl (C=O) groups excluding carboxylic acids is 1. The molecule has 0 fully saturated rings. The van der Waals surface area contributed by atoms with Crippen molar-refractivity contribution in [3.63, 3.8) is 0 Å². The lowest BCUT2D eigenvalue weighted by atomic mass is 9.97. The van der Waals surface area contributed by atoms with E-state index in [4.69, 9.17) is 11.6 Å². The monoisotopic (exact) mass is 285 g/mol. The number of aliphatic hydroxyl groups is 1. The number of rotatable bonds is 6. The SMILES string of the molecule is CNC(CCC(=O)OC)C(O)c1ccc(Cl)c(C)c1. The van der Waals surface area contributed by atoms with Crippen LogP contribution in [0.1, 0.15) is 30.1 Å². The van der Waals surface area contributed by atoms with Gasteiger partial charge in [0.1, 0.15) is 0 Å². The highest BCUT2D eigenvalue weighted by molar-refractivity contribution is 6.31. The number of nitrogens with one attached hydrogen (secondary N) is 1. The maximum atomic E-state index is 11.1. The minimum Gasteiger partial charge on any atom is -0.469 e. The topological polar surface area (TPSA) is 58.6 Å². The minimum atomic E-state index is -0.689. The molecular formula is C14H20ClNO3. The summed E-state index contributed by atoms with van der Waals surface area (Å²) in [6.07, 6.45) is 0.0862. The summed E-state index contributed by atoms with van der Waals surface area (Å²) in [5.74, 6) is -0.278. The average Bonchev–Trinajstić information content (AvgIpc) is 2.41. The van der Waals surface area contributed by atoms with E-state index in [1.165, 1.54) is 7.11 Å². The normalized spacial score (nSPS) is 13.9. The molecule has 0 saturated carbocycles. The van der Waals surface area contributed by atoms with Crippen LogP contribution in [-0.2, 0) is 9.53 Å². The number of likely N-dealkylation sites (N-methyl/N-ethyl adjacent to an activating group) is 1. The van der Waals surface area contributed by atoms with Crippen molar-refractivity contribution in [2.24, 2.45) is 0 Å². The van der Waals surface area contributed by atoms with E-state index in [-0.39, 0.29) is 18.4 Å². The van der Waals surface area contributed by atoms with Gasteiger partial charge in [0, 0.05) is 17.5 Å². The molecule has 0 radical (unpaired) electrons. The van der Waals surface area contributed by atoms with E-state index in [1.807, 2.05) is 13.0 Å². The Kier molecular flexibility index (Phi) is 6.28. The fraction of sp³-hybridized carbons (Fsp3) is 0.500. The number of methoxy groups -OCH3 is 1. The second kappa shape index (κ2) is 7.48. The van der Waals surface area contributed by atoms with Gasteiger partial charge >= 0.3 is 5.97 Å². The zero-order valence-corrected chi connectivity index (χ0v) is 12.2. The van der Waals surface area contributed by atoms with Crippen molar-refractivity contribution in [2.75, 3.05) is 14.2 Å². The van der Waals surface area contributed by atoms with Crippen LogP contribution in [0.25, 0.3) is 0 Å². The van der Waals surface area contributed by atoms with Gasteiger partial charge in [-0.2, -0.15) is 0 Å². The number of hydrogen-bond donors (Lipinski definition) is 2. The molecule has 1 aromatic rings. The van der Waals surface area contributed by atoms with Gasteiger partial charge in [-0.05, 0) is 37.6 Å². The largest absolute Gasteiger partial charge is 0.469 e. The van der Waals surface area contributed by atoms with Crippen molar-refractivity contribution in [1.29, 1.82) is 0 Å². The van der Waals surface area contributed by atoms with Gasteiger partial charge in [-0.1, -0.05) is 23.7 Å².